The van der Waals surface area contributed by atoms with E-state index in [2.05, 4.69) is 4.98 Å². The third-order valence-electron chi connectivity index (χ3n) is 4.87. The van der Waals surface area contributed by atoms with E-state index in [1.807, 2.05) is 0 Å². The van der Waals surface area contributed by atoms with E-state index in [-0.39, 0.29) is 73.3 Å². The Morgan fingerprint density at radius 2 is 0.686 bits per heavy atom. The van der Waals surface area contributed by atoms with Gasteiger partial charge in [-0.25, -0.2) is 13.8 Å². The molecule has 180 valence electrons. The lowest BCUT2D eigenvalue weighted by atomic mass is 9.98. The van der Waals surface area contributed by atoms with Gasteiger partial charge in [0.15, 0.2) is 11.6 Å². The summed E-state index contributed by atoms with van der Waals surface area (Å²) < 4.78 is 31.9. The summed E-state index contributed by atoms with van der Waals surface area (Å²) in [6, 6.07) is 7.92. The van der Waals surface area contributed by atoms with E-state index in [1.54, 1.807) is 0 Å². The van der Waals surface area contributed by atoms with Crippen molar-refractivity contribution in [2.45, 2.75) is 0 Å². The molecule has 0 spiro atoms. The first kappa shape index (κ1) is 27.3. The fraction of sp³-hybridized carbons (Fsp3) is 0. The van der Waals surface area contributed by atoms with Gasteiger partial charge >= 0.3 is 0 Å². The first-order valence-electron chi connectivity index (χ1n) is 9.24. The lowest BCUT2D eigenvalue weighted by molar-refractivity contribution is 0.585. The van der Waals surface area contributed by atoms with Crippen LogP contribution in [0.1, 0.15) is 0 Å². The predicted octanol–water partition coefficient (Wildman–Crippen LogP) is 12.2. The van der Waals surface area contributed by atoms with Gasteiger partial charge in [0, 0.05) is 11.1 Å². The second-order valence-electron chi connectivity index (χ2n) is 7.07. The fourth-order valence-corrected chi connectivity index (χ4v) is 5.05. The zero-order valence-corrected chi connectivity index (χ0v) is 23.4. The number of benzene rings is 3. The molecule has 1 aromatic heterocycles. The predicted molar refractivity (Wildman–Crippen MR) is 146 cm³/mol. The highest BCUT2D eigenvalue weighted by Gasteiger charge is 2.26. The number of rotatable bonds is 3. The Bertz CT molecular complexity index is 1370. The van der Waals surface area contributed by atoms with Gasteiger partial charge in [0.1, 0.15) is 11.4 Å². The summed E-state index contributed by atoms with van der Waals surface area (Å²) in [5.41, 5.74) is -0.817. The number of aromatic nitrogens is 1. The Morgan fingerprint density at radius 3 is 0.971 bits per heavy atom. The molecule has 0 radical (unpaired) electrons. The van der Waals surface area contributed by atoms with Gasteiger partial charge in [-0.15, -0.1) is 0 Å². The zero-order valence-electron chi connectivity index (χ0n) is 16.6. The molecular formula is C23H6Cl9F2N. The van der Waals surface area contributed by atoms with Gasteiger partial charge in [0.2, 0.25) is 0 Å². The maximum absolute atomic E-state index is 15.9. The van der Waals surface area contributed by atoms with Crippen LogP contribution < -0.4 is 0 Å². The van der Waals surface area contributed by atoms with Gasteiger partial charge in [-0.3, -0.25) is 0 Å². The van der Waals surface area contributed by atoms with Crippen molar-refractivity contribution >= 4 is 104 Å². The summed E-state index contributed by atoms with van der Waals surface area (Å²) in [5.74, 6) is -2.08. The van der Waals surface area contributed by atoms with Crippen LogP contribution >= 0.6 is 104 Å². The van der Waals surface area contributed by atoms with Crippen LogP contribution in [0.15, 0.2) is 36.4 Å². The third kappa shape index (κ3) is 5.18. The van der Waals surface area contributed by atoms with Gasteiger partial charge in [0.25, 0.3) is 0 Å². The summed E-state index contributed by atoms with van der Waals surface area (Å²) in [6.45, 7) is 0. The summed E-state index contributed by atoms with van der Waals surface area (Å²) in [6.07, 6.45) is 0. The molecule has 0 N–H and O–H groups in total. The quantitative estimate of drug-likeness (QED) is 0.201. The van der Waals surface area contributed by atoms with E-state index >= 15 is 8.78 Å². The van der Waals surface area contributed by atoms with E-state index < -0.39 is 17.2 Å². The van der Waals surface area contributed by atoms with Crippen LogP contribution in [0.3, 0.4) is 0 Å². The van der Waals surface area contributed by atoms with Crippen LogP contribution in [0.25, 0.3) is 33.6 Å². The second-order valence-corrected chi connectivity index (χ2v) is 10.7. The molecule has 0 aliphatic carbocycles. The van der Waals surface area contributed by atoms with Gasteiger partial charge in [-0.2, -0.15) is 0 Å². The largest absolute Gasteiger partial charge is 0.242 e. The number of pyridine rings is 1. The Hall–Kier alpha value is -0.720. The van der Waals surface area contributed by atoms with Crippen LogP contribution in [0.5, 0.6) is 0 Å². The average molecular weight is 653 g/mol. The molecule has 0 saturated carbocycles. The van der Waals surface area contributed by atoms with Crippen molar-refractivity contribution < 1.29 is 8.78 Å². The maximum Gasteiger partial charge on any atom is 0.160 e. The first-order chi connectivity index (χ1) is 16.4. The minimum Gasteiger partial charge on any atom is -0.242 e. The van der Waals surface area contributed by atoms with Gasteiger partial charge in [-0.05, 0) is 42.0 Å². The topological polar surface area (TPSA) is 12.9 Å². The Labute approximate surface area is 243 Å². The summed E-state index contributed by atoms with van der Waals surface area (Å²) in [4.78, 5) is 4.22. The minimum atomic E-state index is -1.04. The van der Waals surface area contributed by atoms with E-state index in [4.69, 9.17) is 104 Å². The van der Waals surface area contributed by atoms with Crippen LogP contribution in [0.4, 0.5) is 8.78 Å². The monoisotopic (exact) mass is 649 g/mol. The Balaban J connectivity index is 2.12. The molecule has 0 bridgehead atoms. The first-order valence-corrected chi connectivity index (χ1v) is 12.6. The minimum absolute atomic E-state index is 0.00150. The second kappa shape index (κ2) is 10.6. The van der Waals surface area contributed by atoms with Crippen LogP contribution in [-0.4, -0.2) is 4.98 Å². The van der Waals surface area contributed by atoms with Crippen LogP contribution in [-0.2, 0) is 0 Å². The summed E-state index contributed by atoms with van der Waals surface area (Å²) in [7, 11) is 0. The average Bonchev–Trinajstić information content (AvgIpc) is 2.79. The van der Waals surface area contributed by atoms with Crippen molar-refractivity contribution in [1.82, 2.24) is 4.98 Å². The highest BCUT2D eigenvalue weighted by Crippen LogP contribution is 2.44. The number of halogens is 11. The SMILES string of the molecule is Fc1c(-c2cc(Cl)c(Cl)c(Cl)c2)nc(-c2cc(Cl)c(Cl)c(Cl)c2)c(F)c1-c1cc(Cl)c(Cl)c(Cl)c1. The van der Waals surface area contributed by atoms with Gasteiger partial charge in [-0.1, -0.05) is 104 Å². The maximum atomic E-state index is 15.9. The van der Waals surface area contributed by atoms with Crippen molar-refractivity contribution in [2.75, 3.05) is 0 Å². The van der Waals surface area contributed by atoms with Crippen LogP contribution in [0.2, 0.25) is 45.2 Å². The fourth-order valence-electron chi connectivity index (χ4n) is 3.26. The molecule has 0 aliphatic heterocycles. The molecular weight excluding hydrogens is 647 g/mol. The lowest BCUT2D eigenvalue weighted by Gasteiger charge is -2.16. The van der Waals surface area contributed by atoms with E-state index in [0.717, 1.165) is 0 Å². The molecule has 3 aromatic carbocycles. The zero-order chi connectivity index (χ0) is 25.8. The highest BCUT2D eigenvalue weighted by molar-refractivity contribution is 6.49. The molecule has 0 atom stereocenters. The molecule has 35 heavy (non-hydrogen) atoms. The molecule has 0 aliphatic rings. The van der Waals surface area contributed by atoms with Crippen molar-refractivity contribution in [3.05, 3.63) is 93.2 Å². The molecule has 12 heteroatoms. The van der Waals surface area contributed by atoms with Crippen LogP contribution in [0, 0.1) is 11.6 Å². The molecule has 0 fully saturated rings. The molecule has 0 saturated heterocycles. The Morgan fingerprint density at radius 1 is 0.429 bits per heavy atom. The van der Waals surface area contributed by atoms with Crippen molar-refractivity contribution in [2.24, 2.45) is 0 Å². The third-order valence-corrected chi connectivity index (χ3v) is 8.46. The standard InChI is InChI=1S/C23H6Cl9F2N/c24-10-1-7(2-11(25)17(10)30)16-20(33)22(8-3-12(26)18(31)13(27)4-8)35-23(21(16)34)9-5-14(28)19(32)15(29)6-9/h1-6H. The molecule has 0 unspecified atom stereocenters. The highest BCUT2D eigenvalue weighted by atomic mass is 35.5. The number of hydrogen-bond acceptors (Lipinski definition) is 1. The normalized spacial score (nSPS) is 11.3. The summed E-state index contributed by atoms with van der Waals surface area (Å²) in [5, 5.41) is 0.290. The molecule has 0 amide bonds. The van der Waals surface area contributed by atoms with Gasteiger partial charge in [0.05, 0.1) is 50.8 Å². The number of hydrogen-bond donors (Lipinski definition) is 0. The number of nitrogens with zero attached hydrogens (tertiary/aromatic N) is 1. The van der Waals surface area contributed by atoms with E-state index in [1.165, 1.54) is 36.4 Å². The van der Waals surface area contributed by atoms with Crippen molar-refractivity contribution in [3.63, 3.8) is 0 Å². The van der Waals surface area contributed by atoms with E-state index in [9.17, 15) is 0 Å². The lowest BCUT2D eigenvalue weighted by Crippen LogP contribution is -2.02. The molecule has 4 rings (SSSR count). The molecule has 1 heterocycles. The van der Waals surface area contributed by atoms with Crippen molar-refractivity contribution in [3.8, 4) is 33.6 Å². The van der Waals surface area contributed by atoms with E-state index in [0.29, 0.717) is 0 Å². The Kier molecular flexibility index (Phi) is 8.25. The summed E-state index contributed by atoms with van der Waals surface area (Å²) >= 11 is 54.9. The molecule has 4 aromatic rings. The van der Waals surface area contributed by atoms with Crippen molar-refractivity contribution in [1.29, 1.82) is 0 Å². The molecule has 1 nitrogen and oxygen atoms in total. The van der Waals surface area contributed by atoms with Gasteiger partial charge < -0.3 is 0 Å². The smallest absolute Gasteiger partial charge is 0.160 e.